The van der Waals surface area contributed by atoms with Crippen molar-refractivity contribution in [1.82, 2.24) is 0 Å². The molecule has 0 unspecified atom stereocenters. The molecule has 0 aliphatic rings. The quantitative estimate of drug-likeness (QED) is 0.589. The van der Waals surface area contributed by atoms with Crippen LogP contribution in [0.5, 0.6) is 0 Å². The topological polar surface area (TPSA) is 102 Å². The molecular formula is C18H18O6S3. The summed E-state index contributed by atoms with van der Waals surface area (Å²) in [6, 6.07) is 4.03. The van der Waals surface area contributed by atoms with E-state index in [4.69, 9.17) is 0 Å². The zero-order chi connectivity index (χ0) is 20.6. The van der Waals surface area contributed by atoms with E-state index >= 15 is 0 Å². The Kier molecular flexibility index (Phi) is 9.68. The largest absolute Gasteiger partial charge is 0.299 e. The maximum atomic E-state index is 12.3. The van der Waals surface area contributed by atoms with Crippen LogP contribution in [-0.4, -0.2) is 50.0 Å². The minimum absolute atomic E-state index is 0.0154. The molecule has 0 aromatic heterocycles. The third kappa shape index (κ3) is 8.68. The first-order valence-corrected chi connectivity index (χ1v) is 10.7. The summed E-state index contributed by atoms with van der Waals surface area (Å²) in [5.74, 6) is -0.572. The number of benzene rings is 1. The molecule has 0 amide bonds. The van der Waals surface area contributed by atoms with Gasteiger partial charge in [0.25, 0.3) is 0 Å². The predicted molar refractivity (Wildman–Crippen MR) is 109 cm³/mol. The van der Waals surface area contributed by atoms with Gasteiger partial charge >= 0.3 is 0 Å². The van der Waals surface area contributed by atoms with Crippen LogP contribution in [0, 0.1) is 0 Å². The molecule has 0 spiro atoms. The number of rotatable bonds is 9. The first-order chi connectivity index (χ1) is 12.6. The van der Waals surface area contributed by atoms with Gasteiger partial charge in [-0.05, 0) is 39.0 Å². The van der Waals surface area contributed by atoms with Gasteiger partial charge in [0.05, 0.1) is 17.3 Å². The fraction of sp³-hybridized carbons (Fsp3) is 0.333. The number of ketones is 3. The lowest BCUT2D eigenvalue weighted by Crippen LogP contribution is -2.08. The lowest BCUT2D eigenvalue weighted by Gasteiger charge is -2.07. The van der Waals surface area contributed by atoms with Crippen molar-refractivity contribution in [3.63, 3.8) is 0 Å². The molecule has 1 aromatic rings. The number of thioether (sulfide) groups is 3. The van der Waals surface area contributed by atoms with Crippen LogP contribution in [-0.2, 0) is 14.4 Å². The van der Waals surface area contributed by atoms with Gasteiger partial charge in [0.2, 0.25) is 15.3 Å². The highest BCUT2D eigenvalue weighted by Gasteiger charge is 2.18. The van der Waals surface area contributed by atoms with Crippen LogP contribution in [0.4, 0.5) is 0 Å². The number of carbonyl (C=O) groups excluding carboxylic acids is 6. The Balaban J connectivity index is 3.16. The molecule has 0 aliphatic heterocycles. The SMILES string of the molecule is CC(=O)CSC(=O)c1cc(C(=O)SCC(C)=O)cc(C(=O)SCC(C)=O)c1. The van der Waals surface area contributed by atoms with Crippen molar-refractivity contribution in [2.75, 3.05) is 17.3 Å². The van der Waals surface area contributed by atoms with E-state index in [1.807, 2.05) is 0 Å². The van der Waals surface area contributed by atoms with Crippen molar-refractivity contribution in [3.8, 4) is 0 Å². The molecular weight excluding hydrogens is 408 g/mol. The Hall–Kier alpha value is -1.71. The van der Waals surface area contributed by atoms with E-state index in [1.165, 1.54) is 39.0 Å². The molecule has 1 rings (SSSR count). The molecule has 0 bridgehead atoms. The van der Waals surface area contributed by atoms with Gasteiger partial charge < -0.3 is 0 Å². The van der Waals surface area contributed by atoms with Crippen molar-refractivity contribution in [2.24, 2.45) is 0 Å². The summed E-state index contributed by atoms with van der Waals surface area (Å²) < 4.78 is 0. The van der Waals surface area contributed by atoms with Crippen LogP contribution in [0.1, 0.15) is 51.8 Å². The van der Waals surface area contributed by atoms with Gasteiger partial charge in [-0.15, -0.1) is 0 Å². The summed E-state index contributed by atoms with van der Waals surface area (Å²) >= 11 is 2.35. The van der Waals surface area contributed by atoms with Gasteiger partial charge in [-0.25, -0.2) is 0 Å². The summed E-state index contributed by atoms with van der Waals surface area (Å²) in [5, 5.41) is -1.33. The third-order valence-corrected chi connectivity index (χ3v) is 6.01. The van der Waals surface area contributed by atoms with E-state index in [-0.39, 0.29) is 51.3 Å². The average Bonchev–Trinajstić information content (AvgIpc) is 2.61. The monoisotopic (exact) mass is 426 g/mol. The molecule has 6 nitrogen and oxygen atoms in total. The van der Waals surface area contributed by atoms with Gasteiger partial charge in [-0.1, -0.05) is 35.3 Å². The summed E-state index contributed by atoms with van der Waals surface area (Å²) in [5.41, 5.74) is 0.340. The van der Waals surface area contributed by atoms with E-state index in [1.54, 1.807) is 0 Å². The van der Waals surface area contributed by atoms with E-state index in [9.17, 15) is 28.8 Å². The molecule has 0 atom stereocenters. The summed E-state index contributed by atoms with van der Waals surface area (Å²) in [4.78, 5) is 70.1. The van der Waals surface area contributed by atoms with Crippen molar-refractivity contribution in [3.05, 3.63) is 34.9 Å². The minimum Gasteiger partial charge on any atom is -0.299 e. The van der Waals surface area contributed by atoms with Crippen molar-refractivity contribution >= 4 is 68.0 Å². The zero-order valence-corrected chi connectivity index (χ0v) is 17.5. The predicted octanol–water partition coefficient (Wildman–Crippen LogP) is 3.07. The second kappa shape index (κ2) is 11.2. The lowest BCUT2D eigenvalue weighted by atomic mass is 10.1. The van der Waals surface area contributed by atoms with Gasteiger partial charge in [0, 0.05) is 16.7 Å². The molecule has 0 saturated carbocycles. The summed E-state index contributed by atoms with van der Waals surface area (Å²) in [6.07, 6.45) is 0. The molecule has 1 aromatic carbocycles. The highest BCUT2D eigenvalue weighted by atomic mass is 32.2. The molecule has 0 heterocycles. The fourth-order valence-corrected chi connectivity index (χ4v) is 3.59. The average molecular weight is 427 g/mol. The molecule has 0 radical (unpaired) electrons. The van der Waals surface area contributed by atoms with Gasteiger partial charge in [-0.3, -0.25) is 28.8 Å². The second-order valence-corrected chi connectivity index (χ2v) is 8.48. The molecule has 9 heteroatoms. The van der Waals surface area contributed by atoms with E-state index in [2.05, 4.69) is 0 Å². The summed E-state index contributed by atoms with van der Waals surface area (Å²) in [6.45, 7) is 4.06. The zero-order valence-electron chi connectivity index (χ0n) is 15.0. The molecule has 0 fully saturated rings. The van der Waals surface area contributed by atoms with Crippen molar-refractivity contribution in [2.45, 2.75) is 20.8 Å². The van der Waals surface area contributed by atoms with Gasteiger partial charge in [0.1, 0.15) is 17.3 Å². The Morgan fingerprint density at radius 3 is 0.963 bits per heavy atom. The second-order valence-electron chi connectivity index (χ2n) is 5.63. The maximum absolute atomic E-state index is 12.3. The third-order valence-electron chi connectivity index (χ3n) is 2.86. The number of carbonyl (C=O) groups is 6. The highest BCUT2D eigenvalue weighted by Crippen LogP contribution is 2.23. The minimum atomic E-state index is -0.443. The van der Waals surface area contributed by atoms with E-state index in [0.717, 1.165) is 35.3 Å². The van der Waals surface area contributed by atoms with Crippen LogP contribution in [0.3, 0.4) is 0 Å². The Morgan fingerprint density at radius 2 is 0.778 bits per heavy atom. The van der Waals surface area contributed by atoms with Crippen molar-refractivity contribution < 1.29 is 28.8 Å². The first-order valence-electron chi connectivity index (χ1n) is 7.75. The standard InChI is InChI=1S/C18H18O6S3/c1-10(19)7-25-16(22)13-4-14(17(23)26-8-11(2)20)6-15(5-13)18(24)27-9-12(3)21/h4-6H,7-9H2,1-3H3. The van der Waals surface area contributed by atoms with E-state index < -0.39 is 15.3 Å². The number of hydrogen-bond donors (Lipinski definition) is 0. The van der Waals surface area contributed by atoms with Crippen LogP contribution >= 0.6 is 35.3 Å². The highest BCUT2D eigenvalue weighted by molar-refractivity contribution is 8.15. The smallest absolute Gasteiger partial charge is 0.219 e. The van der Waals surface area contributed by atoms with Crippen LogP contribution < -0.4 is 0 Å². The first kappa shape index (κ1) is 23.3. The Bertz CT molecular complexity index is 683. The molecule has 0 N–H and O–H groups in total. The van der Waals surface area contributed by atoms with Gasteiger partial charge in [-0.2, -0.15) is 0 Å². The molecule has 144 valence electrons. The Labute approximate surface area is 169 Å². The van der Waals surface area contributed by atoms with Crippen LogP contribution in [0.15, 0.2) is 18.2 Å². The number of Topliss-reactive ketones (excluding diaryl/α,β-unsaturated/α-hetero) is 3. The molecule has 27 heavy (non-hydrogen) atoms. The normalized spacial score (nSPS) is 10.3. The van der Waals surface area contributed by atoms with Crippen molar-refractivity contribution in [1.29, 1.82) is 0 Å². The summed E-state index contributed by atoms with van der Waals surface area (Å²) in [7, 11) is 0. The maximum Gasteiger partial charge on any atom is 0.219 e. The van der Waals surface area contributed by atoms with Gasteiger partial charge in [0.15, 0.2) is 0 Å². The lowest BCUT2D eigenvalue weighted by molar-refractivity contribution is -0.115. The van der Waals surface area contributed by atoms with Crippen LogP contribution in [0.2, 0.25) is 0 Å². The fourth-order valence-electron chi connectivity index (χ4n) is 1.73. The van der Waals surface area contributed by atoms with Crippen LogP contribution in [0.25, 0.3) is 0 Å². The van der Waals surface area contributed by atoms with E-state index in [0.29, 0.717) is 0 Å². The molecule has 0 saturated heterocycles. The number of hydrogen-bond acceptors (Lipinski definition) is 9. The molecule has 0 aliphatic carbocycles. The Morgan fingerprint density at radius 1 is 0.556 bits per heavy atom.